The van der Waals surface area contributed by atoms with Crippen LogP contribution in [-0.4, -0.2) is 33.3 Å². The maximum Gasteiger partial charge on any atom is 0.156 e. The number of hydrogen-bond acceptors (Lipinski definition) is 8. The molecule has 8 heteroatoms. The Morgan fingerprint density at radius 3 is 2.74 bits per heavy atom. The van der Waals surface area contributed by atoms with Crippen molar-refractivity contribution >= 4 is 17.2 Å². The third-order valence-electron chi connectivity index (χ3n) is 3.89. The minimum absolute atomic E-state index is 0.297. The maximum absolute atomic E-state index is 5.89. The van der Waals surface area contributed by atoms with Crippen molar-refractivity contribution in [2.24, 2.45) is 5.73 Å². The van der Waals surface area contributed by atoms with Gasteiger partial charge in [0, 0.05) is 30.8 Å². The van der Waals surface area contributed by atoms with Crippen molar-refractivity contribution in [2.75, 3.05) is 12.4 Å². The van der Waals surface area contributed by atoms with Crippen molar-refractivity contribution < 1.29 is 4.74 Å². The van der Waals surface area contributed by atoms with E-state index in [4.69, 9.17) is 10.5 Å². The molecule has 0 bridgehead atoms. The minimum Gasteiger partial charge on any atom is -0.377 e. The molecular weight excluding hydrogens is 312 g/mol. The van der Waals surface area contributed by atoms with E-state index >= 15 is 0 Å². The van der Waals surface area contributed by atoms with E-state index in [1.807, 2.05) is 6.07 Å². The fraction of sp³-hybridized carbons (Fsp3) is 0.600. The number of ether oxygens (including phenoxy) is 1. The van der Waals surface area contributed by atoms with E-state index in [2.05, 4.69) is 32.4 Å². The van der Waals surface area contributed by atoms with Crippen LogP contribution in [0, 0.1) is 0 Å². The second-order valence-electron chi connectivity index (χ2n) is 5.75. The summed E-state index contributed by atoms with van der Waals surface area (Å²) in [6, 6.07) is 2.31. The molecule has 0 radical (unpaired) electrons. The highest BCUT2D eigenvalue weighted by molar-refractivity contribution is 7.11. The Morgan fingerprint density at radius 1 is 1.30 bits per heavy atom. The summed E-state index contributed by atoms with van der Waals surface area (Å²) in [6.07, 6.45) is 2.88. The number of hydrogen-bond donors (Lipinski definition) is 2. The number of rotatable bonds is 7. The van der Waals surface area contributed by atoms with Crippen LogP contribution in [0.2, 0.25) is 0 Å². The van der Waals surface area contributed by atoms with Gasteiger partial charge in [-0.05, 0) is 19.3 Å². The molecule has 1 saturated carbocycles. The number of nitrogens with two attached hydrogens (primary N) is 1. The molecule has 1 fully saturated rings. The second-order valence-corrected chi connectivity index (χ2v) is 6.90. The Bertz CT molecular complexity index is 655. The minimum atomic E-state index is 0.297. The molecular formula is C15H22N6OS. The van der Waals surface area contributed by atoms with Crippen LogP contribution in [0.5, 0.6) is 0 Å². The number of anilines is 1. The maximum atomic E-state index is 5.89. The molecule has 1 aliphatic rings. The lowest BCUT2D eigenvalue weighted by atomic mass is 9.78. The number of aromatic nitrogens is 4. The van der Waals surface area contributed by atoms with Crippen molar-refractivity contribution in [1.82, 2.24) is 20.2 Å². The van der Waals surface area contributed by atoms with Gasteiger partial charge in [0.05, 0.1) is 6.54 Å². The van der Waals surface area contributed by atoms with Crippen LogP contribution in [0.4, 0.5) is 5.82 Å². The fourth-order valence-corrected chi connectivity index (χ4v) is 3.31. The molecule has 0 amide bonds. The van der Waals surface area contributed by atoms with Crippen LogP contribution in [0.1, 0.15) is 47.2 Å². The first-order valence-electron chi connectivity index (χ1n) is 7.85. The van der Waals surface area contributed by atoms with Gasteiger partial charge >= 0.3 is 0 Å². The van der Waals surface area contributed by atoms with E-state index in [0.717, 1.165) is 40.8 Å². The summed E-state index contributed by atoms with van der Waals surface area (Å²) in [7, 11) is 1.65. The van der Waals surface area contributed by atoms with Gasteiger partial charge < -0.3 is 15.8 Å². The molecule has 2 aromatic heterocycles. The number of methoxy groups -OCH3 is 1. The van der Waals surface area contributed by atoms with Crippen molar-refractivity contribution in [3.05, 3.63) is 27.6 Å². The lowest BCUT2D eigenvalue weighted by molar-refractivity contribution is 0.177. The van der Waals surface area contributed by atoms with Gasteiger partial charge in [-0.2, -0.15) is 0 Å². The Kier molecular flexibility index (Phi) is 5.14. The number of nitrogens with one attached hydrogen (secondary N) is 1. The molecule has 2 aromatic rings. The summed E-state index contributed by atoms with van der Waals surface area (Å²) in [5.74, 6) is 1.92. The van der Waals surface area contributed by atoms with Crippen LogP contribution < -0.4 is 11.1 Å². The quantitative estimate of drug-likeness (QED) is 0.797. The molecule has 124 valence electrons. The second kappa shape index (κ2) is 7.29. The molecule has 2 heterocycles. The fourth-order valence-electron chi connectivity index (χ4n) is 2.58. The average Bonchev–Trinajstić information content (AvgIpc) is 2.98. The summed E-state index contributed by atoms with van der Waals surface area (Å²) in [5, 5.41) is 13.6. The van der Waals surface area contributed by atoms with Crippen LogP contribution >= 0.6 is 11.3 Å². The van der Waals surface area contributed by atoms with Crippen LogP contribution in [-0.2, 0) is 24.3 Å². The van der Waals surface area contributed by atoms with Gasteiger partial charge in [-0.15, -0.1) is 10.2 Å². The third kappa shape index (κ3) is 4.01. The van der Waals surface area contributed by atoms with Gasteiger partial charge in [0.25, 0.3) is 0 Å². The first-order valence-corrected chi connectivity index (χ1v) is 8.67. The first-order chi connectivity index (χ1) is 11.2. The summed E-state index contributed by atoms with van der Waals surface area (Å²) >= 11 is 1.62. The number of nitrogens with zero attached hydrogens (tertiary/aromatic N) is 4. The normalized spacial score (nSPS) is 20.3. The smallest absolute Gasteiger partial charge is 0.156 e. The number of aryl methyl sites for hydroxylation is 1. The molecule has 0 saturated heterocycles. The molecule has 0 aliphatic heterocycles. The standard InChI is InChI=1S/C15H22N6OS/c1-3-14-20-21-15(23-14)7-17-12-6-11(9-4-10(16)5-9)18-13(19-12)8-22-2/h6,9-10H,3-5,7-8,16H2,1-2H3,(H,17,18,19). The van der Waals surface area contributed by atoms with Gasteiger partial charge in [0.15, 0.2) is 5.82 Å². The van der Waals surface area contributed by atoms with E-state index in [9.17, 15) is 0 Å². The van der Waals surface area contributed by atoms with Gasteiger partial charge in [0.1, 0.15) is 22.4 Å². The molecule has 3 rings (SSSR count). The van der Waals surface area contributed by atoms with Crippen molar-refractivity contribution in [3.8, 4) is 0 Å². The van der Waals surface area contributed by atoms with E-state index in [-0.39, 0.29) is 0 Å². The summed E-state index contributed by atoms with van der Waals surface area (Å²) in [4.78, 5) is 9.10. The van der Waals surface area contributed by atoms with Crippen LogP contribution in [0.25, 0.3) is 0 Å². The van der Waals surface area contributed by atoms with Crippen molar-refractivity contribution in [2.45, 2.75) is 51.3 Å². The predicted molar refractivity (Wildman–Crippen MR) is 89.3 cm³/mol. The first kappa shape index (κ1) is 16.2. The Morgan fingerprint density at radius 2 is 2.09 bits per heavy atom. The summed E-state index contributed by atoms with van der Waals surface area (Å²) in [5.41, 5.74) is 6.94. The zero-order valence-electron chi connectivity index (χ0n) is 13.5. The molecule has 7 nitrogen and oxygen atoms in total. The Balaban J connectivity index is 1.71. The monoisotopic (exact) mass is 334 g/mol. The molecule has 3 N–H and O–H groups in total. The molecule has 0 aromatic carbocycles. The topological polar surface area (TPSA) is 98.8 Å². The summed E-state index contributed by atoms with van der Waals surface area (Å²) < 4.78 is 5.17. The Labute approximate surface area is 139 Å². The predicted octanol–water partition coefficient (Wildman–Crippen LogP) is 1.85. The highest BCUT2D eigenvalue weighted by Crippen LogP contribution is 2.35. The van der Waals surface area contributed by atoms with Gasteiger partial charge in [-0.25, -0.2) is 9.97 Å². The van der Waals surface area contributed by atoms with Gasteiger partial charge in [-0.1, -0.05) is 18.3 Å². The molecule has 1 aliphatic carbocycles. The van der Waals surface area contributed by atoms with E-state index in [0.29, 0.717) is 30.9 Å². The summed E-state index contributed by atoms with van der Waals surface area (Å²) in [6.45, 7) is 3.10. The van der Waals surface area contributed by atoms with E-state index in [1.54, 1.807) is 18.4 Å². The largest absolute Gasteiger partial charge is 0.377 e. The lowest BCUT2D eigenvalue weighted by Crippen LogP contribution is -2.35. The zero-order chi connectivity index (χ0) is 16.2. The van der Waals surface area contributed by atoms with Gasteiger partial charge in [-0.3, -0.25) is 0 Å². The van der Waals surface area contributed by atoms with Crippen molar-refractivity contribution in [1.29, 1.82) is 0 Å². The van der Waals surface area contributed by atoms with Crippen molar-refractivity contribution in [3.63, 3.8) is 0 Å². The van der Waals surface area contributed by atoms with E-state index in [1.165, 1.54) is 0 Å². The molecule has 0 unspecified atom stereocenters. The zero-order valence-corrected chi connectivity index (χ0v) is 14.3. The highest BCUT2D eigenvalue weighted by Gasteiger charge is 2.29. The van der Waals surface area contributed by atoms with Crippen LogP contribution in [0.15, 0.2) is 6.07 Å². The Hall–Kier alpha value is -1.64. The average molecular weight is 334 g/mol. The SMILES string of the molecule is CCc1nnc(CNc2cc(C3CC(N)C3)nc(COC)n2)s1. The van der Waals surface area contributed by atoms with Crippen LogP contribution in [0.3, 0.4) is 0 Å². The third-order valence-corrected chi connectivity index (χ3v) is 4.96. The van der Waals surface area contributed by atoms with Gasteiger partial charge in [0.2, 0.25) is 0 Å². The molecule has 0 spiro atoms. The highest BCUT2D eigenvalue weighted by atomic mass is 32.1. The lowest BCUT2D eigenvalue weighted by Gasteiger charge is -2.32. The molecule has 0 atom stereocenters. The molecule has 23 heavy (non-hydrogen) atoms. The van der Waals surface area contributed by atoms with E-state index < -0.39 is 0 Å².